The predicted octanol–water partition coefficient (Wildman–Crippen LogP) is 4.41. The van der Waals surface area contributed by atoms with Crippen LogP contribution in [0.15, 0.2) is 53.4 Å². The van der Waals surface area contributed by atoms with E-state index >= 15 is 0 Å². The molecule has 1 atom stereocenters. The summed E-state index contributed by atoms with van der Waals surface area (Å²) < 4.78 is 4.81. The first kappa shape index (κ1) is 18.8. The fraction of sp³-hybridized carbons (Fsp3) is 0.300. The Bertz CT molecular complexity index is 777. The summed E-state index contributed by atoms with van der Waals surface area (Å²) in [4.78, 5) is 27.3. The maximum absolute atomic E-state index is 12.7. The fourth-order valence-electron chi connectivity index (χ4n) is 3.00. The number of methoxy groups -OCH3 is 1. The first-order chi connectivity index (χ1) is 12.6. The largest absolute Gasteiger partial charge is 0.467 e. The molecule has 6 heteroatoms. The third-order valence-electron chi connectivity index (χ3n) is 4.41. The summed E-state index contributed by atoms with van der Waals surface area (Å²) in [7, 11) is 1.36. The average molecular weight is 390 g/mol. The summed E-state index contributed by atoms with van der Waals surface area (Å²) in [5, 5.41) is 0.726. The van der Waals surface area contributed by atoms with E-state index in [-0.39, 0.29) is 11.9 Å². The van der Waals surface area contributed by atoms with Gasteiger partial charge < -0.3 is 9.64 Å². The molecule has 0 aromatic heterocycles. The van der Waals surface area contributed by atoms with Gasteiger partial charge in [-0.25, -0.2) is 4.79 Å². The molecule has 0 aliphatic carbocycles. The summed E-state index contributed by atoms with van der Waals surface area (Å²) in [6.45, 7) is 0.590. The van der Waals surface area contributed by atoms with Crippen LogP contribution in [0.3, 0.4) is 0 Å². The summed E-state index contributed by atoms with van der Waals surface area (Å²) in [5.74, 6) is 0.353. The van der Waals surface area contributed by atoms with Crippen molar-refractivity contribution in [1.29, 1.82) is 0 Å². The van der Waals surface area contributed by atoms with E-state index in [0.717, 1.165) is 27.7 Å². The molecule has 2 aromatic carbocycles. The number of ether oxygens (including phenoxy) is 1. The summed E-state index contributed by atoms with van der Waals surface area (Å²) >= 11 is 7.61. The van der Waals surface area contributed by atoms with Gasteiger partial charge in [-0.2, -0.15) is 0 Å². The zero-order valence-electron chi connectivity index (χ0n) is 14.5. The van der Waals surface area contributed by atoms with Gasteiger partial charge in [0.1, 0.15) is 6.04 Å². The molecule has 1 heterocycles. The van der Waals surface area contributed by atoms with Crippen LogP contribution >= 0.6 is 23.4 Å². The number of esters is 1. The molecule has 1 amide bonds. The molecule has 0 bridgehead atoms. The lowest BCUT2D eigenvalue weighted by Crippen LogP contribution is -2.41. The number of hydrogen-bond donors (Lipinski definition) is 0. The zero-order valence-corrected chi connectivity index (χ0v) is 16.1. The lowest BCUT2D eigenvalue weighted by atomic mass is 10.1. The Morgan fingerprint density at radius 2 is 1.85 bits per heavy atom. The molecular weight excluding hydrogens is 370 g/mol. The van der Waals surface area contributed by atoms with E-state index in [1.54, 1.807) is 16.7 Å². The topological polar surface area (TPSA) is 46.6 Å². The number of carbonyl (C=O) groups excluding carboxylic acids is 2. The van der Waals surface area contributed by atoms with Gasteiger partial charge in [0.25, 0.3) is 5.91 Å². The van der Waals surface area contributed by atoms with Gasteiger partial charge in [-0.15, -0.1) is 11.8 Å². The first-order valence-electron chi connectivity index (χ1n) is 8.44. The number of likely N-dealkylation sites (tertiary alicyclic amines) is 1. The van der Waals surface area contributed by atoms with Crippen LogP contribution in [0.2, 0.25) is 5.02 Å². The van der Waals surface area contributed by atoms with Crippen LogP contribution in [0.1, 0.15) is 28.8 Å². The number of hydrogen-bond acceptors (Lipinski definition) is 4. The van der Waals surface area contributed by atoms with Crippen LogP contribution in [-0.2, 0) is 15.3 Å². The van der Waals surface area contributed by atoms with E-state index in [1.807, 2.05) is 48.5 Å². The van der Waals surface area contributed by atoms with Crippen molar-refractivity contribution in [2.75, 3.05) is 13.7 Å². The van der Waals surface area contributed by atoms with Gasteiger partial charge in [0, 0.05) is 27.8 Å². The molecule has 1 aliphatic heterocycles. The molecule has 1 fully saturated rings. The van der Waals surface area contributed by atoms with E-state index in [4.69, 9.17) is 16.3 Å². The van der Waals surface area contributed by atoms with Gasteiger partial charge in [0.15, 0.2) is 0 Å². The van der Waals surface area contributed by atoms with Crippen molar-refractivity contribution in [1.82, 2.24) is 4.90 Å². The van der Waals surface area contributed by atoms with Gasteiger partial charge in [0.2, 0.25) is 0 Å². The first-order valence-corrected chi connectivity index (χ1v) is 9.81. The van der Waals surface area contributed by atoms with E-state index in [1.165, 1.54) is 7.11 Å². The van der Waals surface area contributed by atoms with E-state index < -0.39 is 6.04 Å². The molecule has 4 nitrogen and oxygen atoms in total. The van der Waals surface area contributed by atoms with Crippen molar-refractivity contribution in [2.45, 2.75) is 29.5 Å². The standard InChI is InChI=1S/C20H20ClNO3S/c1-25-20(24)18-3-2-12-22(18)19(23)15-6-4-14(5-7-15)13-26-17-10-8-16(21)9-11-17/h4-11,18H,2-3,12-13H2,1H3/t18-/m1/s1. The molecule has 1 aliphatic rings. The molecule has 0 unspecified atom stereocenters. The van der Waals surface area contributed by atoms with Crippen LogP contribution < -0.4 is 0 Å². The number of amides is 1. The summed E-state index contributed by atoms with van der Waals surface area (Å²) in [6.07, 6.45) is 1.48. The Kier molecular flexibility index (Phi) is 6.22. The van der Waals surface area contributed by atoms with E-state index in [9.17, 15) is 9.59 Å². The van der Waals surface area contributed by atoms with Gasteiger partial charge in [0.05, 0.1) is 7.11 Å². The average Bonchev–Trinajstić information content (AvgIpc) is 3.16. The monoisotopic (exact) mass is 389 g/mol. The highest BCUT2D eigenvalue weighted by Crippen LogP contribution is 2.25. The van der Waals surface area contributed by atoms with E-state index in [0.29, 0.717) is 18.5 Å². The molecule has 26 heavy (non-hydrogen) atoms. The highest BCUT2D eigenvalue weighted by atomic mass is 35.5. The Morgan fingerprint density at radius 3 is 2.50 bits per heavy atom. The van der Waals surface area contributed by atoms with Crippen molar-refractivity contribution in [2.24, 2.45) is 0 Å². The molecule has 2 aromatic rings. The van der Waals surface area contributed by atoms with Crippen LogP contribution in [0.4, 0.5) is 0 Å². The molecule has 136 valence electrons. The van der Waals surface area contributed by atoms with Crippen LogP contribution in [0, 0.1) is 0 Å². The van der Waals surface area contributed by atoms with Crippen molar-refractivity contribution in [3.05, 3.63) is 64.7 Å². The quantitative estimate of drug-likeness (QED) is 0.561. The summed E-state index contributed by atoms with van der Waals surface area (Å²) in [6, 6.07) is 14.8. The molecule has 0 radical (unpaired) electrons. The third-order valence-corrected chi connectivity index (χ3v) is 5.74. The number of benzene rings is 2. The molecule has 1 saturated heterocycles. The van der Waals surface area contributed by atoms with Gasteiger partial charge in [-0.3, -0.25) is 4.79 Å². The third kappa shape index (κ3) is 4.40. The number of nitrogens with zero attached hydrogens (tertiary/aromatic N) is 1. The Hall–Kier alpha value is -1.98. The highest BCUT2D eigenvalue weighted by Gasteiger charge is 2.35. The van der Waals surface area contributed by atoms with Gasteiger partial charge in [-0.1, -0.05) is 23.7 Å². The summed E-state index contributed by atoms with van der Waals surface area (Å²) in [5.41, 5.74) is 1.73. The van der Waals surface area contributed by atoms with Gasteiger partial charge in [-0.05, 0) is 54.8 Å². The maximum atomic E-state index is 12.7. The minimum absolute atomic E-state index is 0.116. The predicted molar refractivity (Wildman–Crippen MR) is 104 cm³/mol. The molecule has 0 N–H and O–H groups in total. The zero-order chi connectivity index (χ0) is 18.5. The minimum atomic E-state index is -0.465. The second-order valence-electron chi connectivity index (χ2n) is 6.12. The molecular formula is C20H20ClNO3S. The number of thioether (sulfide) groups is 1. The second-order valence-corrected chi connectivity index (χ2v) is 7.60. The number of rotatable bonds is 5. The number of carbonyl (C=O) groups is 2. The van der Waals surface area contributed by atoms with Crippen molar-refractivity contribution >= 4 is 35.2 Å². The Morgan fingerprint density at radius 1 is 1.15 bits per heavy atom. The molecule has 3 rings (SSSR count). The van der Waals surface area contributed by atoms with Gasteiger partial charge >= 0.3 is 5.97 Å². The Labute approximate surface area is 162 Å². The fourth-order valence-corrected chi connectivity index (χ4v) is 3.98. The van der Waals surface area contributed by atoms with Crippen LogP contribution in [0.25, 0.3) is 0 Å². The van der Waals surface area contributed by atoms with Crippen molar-refractivity contribution < 1.29 is 14.3 Å². The van der Waals surface area contributed by atoms with Crippen molar-refractivity contribution in [3.63, 3.8) is 0 Å². The highest BCUT2D eigenvalue weighted by molar-refractivity contribution is 7.98. The molecule has 0 saturated carbocycles. The SMILES string of the molecule is COC(=O)[C@H]1CCCN1C(=O)c1ccc(CSc2ccc(Cl)cc2)cc1. The Balaban J connectivity index is 1.62. The van der Waals surface area contributed by atoms with Crippen LogP contribution in [0.5, 0.6) is 0 Å². The number of halogens is 1. The molecule has 0 spiro atoms. The lowest BCUT2D eigenvalue weighted by Gasteiger charge is -2.22. The maximum Gasteiger partial charge on any atom is 0.328 e. The second kappa shape index (κ2) is 8.60. The lowest BCUT2D eigenvalue weighted by molar-refractivity contribution is -0.145. The van der Waals surface area contributed by atoms with E-state index in [2.05, 4.69) is 0 Å². The normalized spacial score (nSPS) is 16.5. The smallest absolute Gasteiger partial charge is 0.328 e. The van der Waals surface area contributed by atoms with Crippen molar-refractivity contribution in [3.8, 4) is 0 Å². The minimum Gasteiger partial charge on any atom is -0.467 e. The van der Waals surface area contributed by atoms with Crippen LogP contribution in [-0.4, -0.2) is 36.5 Å².